The topological polar surface area (TPSA) is 51.2 Å². The number of ether oxygens (including phenoxy) is 1. The van der Waals surface area contributed by atoms with Crippen LogP contribution in [0.15, 0.2) is 17.5 Å². The Bertz CT molecular complexity index is 706. The second-order valence-corrected chi connectivity index (χ2v) is 5.25. The van der Waals surface area contributed by atoms with Gasteiger partial charge >= 0.3 is 6.18 Å². The molecule has 0 saturated heterocycles. The summed E-state index contributed by atoms with van der Waals surface area (Å²) in [5, 5.41) is 4.07. The largest absolute Gasteiger partial charge is 0.478 e. The maximum absolute atomic E-state index is 13.8. The van der Waals surface area contributed by atoms with Gasteiger partial charge in [-0.1, -0.05) is 0 Å². The average Bonchev–Trinajstić information content (AvgIpc) is 2.83. The van der Waals surface area contributed by atoms with Gasteiger partial charge in [-0.3, -0.25) is 4.79 Å². The number of thiazole rings is 1. The number of carbonyl (C=O) groups is 1. The van der Waals surface area contributed by atoms with Gasteiger partial charge in [-0.25, -0.2) is 13.8 Å². The predicted molar refractivity (Wildman–Crippen MR) is 73.3 cm³/mol. The van der Waals surface area contributed by atoms with Crippen molar-refractivity contribution < 1.29 is 31.5 Å². The van der Waals surface area contributed by atoms with Crippen molar-refractivity contribution in [1.82, 2.24) is 4.98 Å². The van der Waals surface area contributed by atoms with E-state index < -0.39 is 30.2 Å². The molecule has 0 bridgehead atoms. The number of hydrogen-bond acceptors (Lipinski definition) is 4. The molecule has 2 aromatic rings. The molecule has 10 heteroatoms. The van der Waals surface area contributed by atoms with E-state index in [0.29, 0.717) is 0 Å². The molecule has 0 aliphatic carbocycles. The molecular weight excluding hydrogens is 343 g/mol. The zero-order valence-corrected chi connectivity index (χ0v) is 12.3. The van der Waals surface area contributed by atoms with E-state index in [1.807, 2.05) is 0 Å². The van der Waals surface area contributed by atoms with Gasteiger partial charge in [-0.15, -0.1) is 11.3 Å². The Morgan fingerprint density at radius 1 is 1.30 bits per heavy atom. The number of benzene rings is 1. The van der Waals surface area contributed by atoms with E-state index in [1.165, 1.54) is 12.3 Å². The number of nitrogens with zero attached hydrogens (tertiary/aromatic N) is 1. The number of halogens is 5. The summed E-state index contributed by atoms with van der Waals surface area (Å²) in [7, 11) is 0. The second kappa shape index (κ2) is 6.49. The SMILES string of the molecule is CC(=O)Nc1nc(-c2cc(F)c(OCC(F)(F)F)c(F)c2)cs1. The van der Waals surface area contributed by atoms with Gasteiger partial charge in [0.2, 0.25) is 5.91 Å². The summed E-state index contributed by atoms with van der Waals surface area (Å²) >= 11 is 1.03. The zero-order valence-electron chi connectivity index (χ0n) is 11.5. The molecule has 0 atom stereocenters. The predicted octanol–water partition coefficient (Wildman–Crippen LogP) is 3.99. The van der Waals surface area contributed by atoms with Crippen molar-refractivity contribution >= 4 is 22.4 Å². The number of anilines is 1. The smallest absolute Gasteiger partial charge is 0.422 e. The van der Waals surface area contributed by atoms with Crippen LogP contribution in [0.3, 0.4) is 0 Å². The Hall–Kier alpha value is -2.23. The van der Waals surface area contributed by atoms with Crippen LogP contribution < -0.4 is 10.1 Å². The van der Waals surface area contributed by atoms with Crippen LogP contribution in [0.1, 0.15) is 6.92 Å². The molecule has 0 spiro atoms. The van der Waals surface area contributed by atoms with Gasteiger partial charge in [-0.2, -0.15) is 13.2 Å². The van der Waals surface area contributed by atoms with Gasteiger partial charge in [-0.05, 0) is 12.1 Å². The minimum Gasteiger partial charge on any atom is -0.478 e. The highest BCUT2D eigenvalue weighted by atomic mass is 32.1. The molecule has 0 aliphatic rings. The van der Waals surface area contributed by atoms with E-state index in [-0.39, 0.29) is 22.3 Å². The lowest BCUT2D eigenvalue weighted by Gasteiger charge is -2.11. The summed E-state index contributed by atoms with van der Waals surface area (Å²) < 4.78 is 67.8. The maximum atomic E-state index is 13.8. The molecule has 0 unspecified atom stereocenters. The lowest BCUT2D eigenvalue weighted by atomic mass is 10.1. The molecule has 1 amide bonds. The quantitative estimate of drug-likeness (QED) is 0.847. The number of aromatic nitrogens is 1. The Labute approximate surface area is 130 Å². The summed E-state index contributed by atoms with van der Waals surface area (Å²) in [5.41, 5.74) is 0.172. The van der Waals surface area contributed by atoms with Crippen LogP contribution in [0, 0.1) is 11.6 Å². The van der Waals surface area contributed by atoms with Gasteiger partial charge in [0.25, 0.3) is 0 Å². The van der Waals surface area contributed by atoms with Gasteiger partial charge in [0, 0.05) is 17.9 Å². The molecule has 0 fully saturated rings. The van der Waals surface area contributed by atoms with Crippen molar-refractivity contribution in [3.63, 3.8) is 0 Å². The van der Waals surface area contributed by atoms with E-state index >= 15 is 0 Å². The summed E-state index contributed by atoms with van der Waals surface area (Å²) in [6.07, 6.45) is -4.71. The van der Waals surface area contributed by atoms with Crippen molar-refractivity contribution in [2.75, 3.05) is 11.9 Å². The van der Waals surface area contributed by atoms with Gasteiger partial charge in [0.15, 0.2) is 29.1 Å². The Morgan fingerprint density at radius 3 is 2.43 bits per heavy atom. The highest BCUT2D eigenvalue weighted by Crippen LogP contribution is 2.31. The first-order chi connectivity index (χ1) is 10.7. The first-order valence-electron chi connectivity index (χ1n) is 6.08. The van der Waals surface area contributed by atoms with Crippen LogP contribution in [0.25, 0.3) is 11.3 Å². The second-order valence-electron chi connectivity index (χ2n) is 4.39. The zero-order chi connectivity index (χ0) is 17.2. The Kier molecular flexibility index (Phi) is 4.83. The van der Waals surface area contributed by atoms with Crippen molar-refractivity contribution in [2.45, 2.75) is 13.1 Å². The van der Waals surface area contributed by atoms with Crippen LogP contribution in [0.4, 0.5) is 27.1 Å². The maximum Gasteiger partial charge on any atom is 0.422 e. The van der Waals surface area contributed by atoms with Crippen LogP contribution in [-0.2, 0) is 4.79 Å². The van der Waals surface area contributed by atoms with E-state index in [9.17, 15) is 26.7 Å². The molecule has 0 radical (unpaired) electrons. The monoisotopic (exact) mass is 352 g/mol. The van der Waals surface area contributed by atoms with Gasteiger partial charge < -0.3 is 10.1 Å². The lowest BCUT2D eigenvalue weighted by molar-refractivity contribution is -0.154. The lowest BCUT2D eigenvalue weighted by Crippen LogP contribution is -2.20. The molecule has 1 N–H and O–H groups in total. The van der Waals surface area contributed by atoms with Gasteiger partial charge in [0.1, 0.15) is 0 Å². The molecular formula is C13H9F5N2O2S. The first kappa shape index (κ1) is 17.1. The minimum atomic E-state index is -4.71. The van der Waals surface area contributed by atoms with Gasteiger partial charge in [0.05, 0.1) is 5.69 Å². The standard InChI is InChI=1S/C13H9F5N2O2S/c1-6(21)19-12-20-10(4-23-12)7-2-8(14)11(9(15)3-7)22-5-13(16,17)18/h2-4H,5H2,1H3,(H,19,20,21). The summed E-state index contributed by atoms with van der Waals surface area (Å²) in [4.78, 5) is 14.8. The molecule has 23 heavy (non-hydrogen) atoms. The van der Waals surface area contributed by atoms with Crippen molar-refractivity contribution in [3.8, 4) is 17.0 Å². The van der Waals surface area contributed by atoms with E-state index in [4.69, 9.17) is 0 Å². The number of amides is 1. The molecule has 1 aromatic heterocycles. The van der Waals surface area contributed by atoms with Crippen LogP contribution in [-0.4, -0.2) is 23.7 Å². The molecule has 1 heterocycles. The molecule has 4 nitrogen and oxygen atoms in total. The normalized spacial score (nSPS) is 11.4. The third-order valence-electron chi connectivity index (χ3n) is 2.46. The number of hydrogen-bond donors (Lipinski definition) is 1. The summed E-state index contributed by atoms with van der Waals surface area (Å²) in [6.45, 7) is -0.531. The van der Waals surface area contributed by atoms with E-state index in [2.05, 4.69) is 15.0 Å². The fraction of sp³-hybridized carbons (Fsp3) is 0.231. The summed E-state index contributed by atoms with van der Waals surface area (Å²) in [5.74, 6) is -4.03. The number of carbonyl (C=O) groups excluding carboxylic acids is 1. The fourth-order valence-electron chi connectivity index (χ4n) is 1.61. The van der Waals surface area contributed by atoms with E-state index in [1.54, 1.807) is 0 Å². The van der Waals surface area contributed by atoms with Crippen LogP contribution >= 0.6 is 11.3 Å². The van der Waals surface area contributed by atoms with Crippen LogP contribution in [0.2, 0.25) is 0 Å². The molecule has 0 saturated carbocycles. The Balaban J connectivity index is 2.25. The number of rotatable bonds is 4. The summed E-state index contributed by atoms with van der Waals surface area (Å²) in [6, 6.07) is 1.61. The molecule has 1 aromatic carbocycles. The fourth-order valence-corrected chi connectivity index (χ4v) is 2.38. The molecule has 124 valence electrons. The number of nitrogens with one attached hydrogen (secondary N) is 1. The van der Waals surface area contributed by atoms with E-state index in [0.717, 1.165) is 23.5 Å². The van der Waals surface area contributed by atoms with Crippen molar-refractivity contribution in [1.29, 1.82) is 0 Å². The molecule has 2 rings (SSSR count). The van der Waals surface area contributed by atoms with Crippen molar-refractivity contribution in [3.05, 3.63) is 29.1 Å². The van der Waals surface area contributed by atoms with Crippen LogP contribution in [0.5, 0.6) is 5.75 Å². The third kappa shape index (κ3) is 4.62. The molecule has 0 aliphatic heterocycles. The minimum absolute atomic E-state index is 0.00668. The average molecular weight is 352 g/mol. The highest BCUT2D eigenvalue weighted by Gasteiger charge is 2.30. The third-order valence-corrected chi connectivity index (χ3v) is 3.22. The van der Waals surface area contributed by atoms with Crippen molar-refractivity contribution in [2.24, 2.45) is 0 Å². The highest BCUT2D eigenvalue weighted by molar-refractivity contribution is 7.14. The first-order valence-corrected chi connectivity index (χ1v) is 6.96. The Morgan fingerprint density at radius 2 is 1.91 bits per heavy atom. The number of alkyl halides is 3.